The molecule has 0 radical (unpaired) electrons. The lowest BCUT2D eigenvalue weighted by atomic mass is 10.3. The number of nitrogens with one attached hydrogen (secondary N) is 1. The van der Waals surface area contributed by atoms with E-state index < -0.39 is 6.10 Å². The van der Waals surface area contributed by atoms with Gasteiger partial charge in [-0.05, 0) is 13.0 Å². The van der Waals surface area contributed by atoms with Crippen LogP contribution in [0.1, 0.15) is 20.3 Å². The summed E-state index contributed by atoms with van der Waals surface area (Å²) < 4.78 is 10.0. The molecular weight excluding hydrogens is 182 g/mol. The lowest BCUT2D eigenvalue weighted by molar-refractivity contribution is -0.00647. The summed E-state index contributed by atoms with van der Waals surface area (Å²) >= 11 is 0. The van der Waals surface area contributed by atoms with E-state index in [1.807, 2.05) is 0 Å². The van der Waals surface area contributed by atoms with E-state index in [9.17, 15) is 5.11 Å². The molecule has 0 fully saturated rings. The highest BCUT2D eigenvalue weighted by Crippen LogP contribution is 1.88. The highest BCUT2D eigenvalue weighted by molar-refractivity contribution is 4.53. The molecule has 0 rings (SSSR count). The van der Waals surface area contributed by atoms with Crippen LogP contribution < -0.4 is 5.32 Å². The summed E-state index contributed by atoms with van der Waals surface area (Å²) in [6.07, 6.45) is 0.468. The van der Waals surface area contributed by atoms with Gasteiger partial charge in [-0.25, -0.2) is 0 Å². The minimum absolute atomic E-state index is 0.338. The lowest BCUT2D eigenvalue weighted by Crippen LogP contribution is -2.25. The highest BCUT2D eigenvalue weighted by atomic mass is 16.5. The van der Waals surface area contributed by atoms with E-state index in [-0.39, 0.29) is 0 Å². The predicted octanol–water partition coefficient (Wildman–Crippen LogP) is 0.398. The van der Waals surface area contributed by atoms with E-state index in [2.05, 4.69) is 19.2 Å². The fraction of sp³-hybridized carbons (Fsp3) is 1.00. The minimum atomic E-state index is -0.502. The Labute approximate surface area is 86.6 Å². The number of aliphatic hydroxyl groups excluding tert-OH is 1. The average Bonchev–Trinajstić information content (AvgIpc) is 2.11. The maximum atomic E-state index is 9.23. The van der Waals surface area contributed by atoms with Gasteiger partial charge in [0.2, 0.25) is 0 Å². The first-order valence-corrected chi connectivity index (χ1v) is 5.15. The van der Waals surface area contributed by atoms with Crippen molar-refractivity contribution in [1.82, 2.24) is 5.32 Å². The third kappa shape index (κ3) is 9.92. The fourth-order valence-electron chi connectivity index (χ4n) is 1.02. The van der Waals surface area contributed by atoms with Gasteiger partial charge in [0.05, 0.1) is 13.2 Å². The Kier molecular flexibility index (Phi) is 9.29. The summed E-state index contributed by atoms with van der Waals surface area (Å²) in [6.45, 7) is 6.56. The second kappa shape index (κ2) is 9.40. The molecule has 4 nitrogen and oxygen atoms in total. The van der Waals surface area contributed by atoms with Crippen molar-refractivity contribution < 1.29 is 14.6 Å². The van der Waals surface area contributed by atoms with Crippen LogP contribution >= 0.6 is 0 Å². The van der Waals surface area contributed by atoms with Crippen LogP contribution in [0.5, 0.6) is 0 Å². The molecule has 0 aliphatic heterocycles. The van der Waals surface area contributed by atoms with Gasteiger partial charge in [-0.15, -0.1) is 0 Å². The molecule has 1 unspecified atom stereocenters. The van der Waals surface area contributed by atoms with Gasteiger partial charge in [0.25, 0.3) is 0 Å². The van der Waals surface area contributed by atoms with E-state index in [1.165, 1.54) is 0 Å². The maximum Gasteiger partial charge on any atom is 0.101 e. The molecular formula is C10H23NO3. The predicted molar refractivity (Wildman–Crippen MR) is 56.5 cm³/mol. The van der Waals surface area contributed by atoms with E-state index in [4.69, 9.17) is 9.47 Å². The first kappa shape index (κ1) is 13.8. The largest absolute Gasteiger partial charge is 0.388 e. The standard InChI is InChI=1S/C10H23NO3/c1-9(2)11-5-4-6-14-8-10(12)7-13-3/h9-12H,4-8H2,1-3H3. The average molecular weight is 205 g/mol. The van der Waals surface area contributed by atoms with Crippen molar-refractivity contribution >= 4 is 0 Å². The summed E-state index contributed by atoms with van der Waals surface area (Å²) in [5.41, 5.74) is 0. The van der Waals surface area contributed by atoms with Gasteiger partial charge in [0.15, 0.2) is 0 Å². The van der Waals surface area contributed by atoms with Crippen LogP contribution in [-0.2, 0) is 9.47 Å². The van der Waals surface area contributed by atoms with Crippen LogP contribution in [0.3, 0.4) is 0 Å². The number of methoxy groups -OCH3 is 1. The van der Waals surface area contributed by atoms with Crippen molar-refractivity contribution in [3.05, 3.63) is 0 Å². The molecule has 14 heavy (non-hydrogen) atoms. The molecule has 0 heterocycles. The monoisotopic (exact) mass is 205 g/mol. The van der Waals surface area contributed by atoms with Crippen LogP contribution in [0.25, 0.3) is 0 Å². The van der Waals surface area contributed by atoms with Gasteiger partial charge >= 0.3 is 0 Å². The fourth-order valence-corrected chi connectivity index (χ4v) is 1.02. The maximum absolute atomic E-state index is 9.23. The molecule has 0 aliphatic rings. The first-order valence-electron chi connectivity index (χ1n) is 5.15. The summed E-state index contributed by atoms with van der Waals surface area (Å²) in [7, 11) is 1.57. The Morgan fingerprint density at radius 2 is 2.00 bits per heavy atom. The molecule has 0 saturated heterocycles. The Morgan fingerprint density at radius 3 is 2.57 bits per heavy atom. The highest BCUT2D eigenvalue weighted by Gasteiger charge is 2.02. The van der Waals surface area contributed by atoms with Crippen molar-refractivity contribution in [1.29, 1.82) is 0 Å². The van der Waals surface area contributed by atoms with Crippen molar-refractivity contribution in [3.8, 4) is 0 Å². The van der Waals surface area contributed by atoms with E-state index in [0.29, 0.717) is 25.9 Å². The zero-order chi connectivity index (χ0) is 10.8. The number of ether oxygens (including phenoxy) is 2. The number of aliphatic hydroxyl groups is 1. The summed E-state index contributed by atoms with van der Waals surface area (Å²) in [5, 5.41) is 12.5. The third-order valence-electron chi connectivity index (χ3n) is 1.69. The third-order valence-corrected chi connectivity index (χ3v) is 1.69. The van der Waals surface area contributed by atoms with Crippen molar-refractivity contribution in [2.75, 3.05) is 33.5 Å². The van der Waals surface area contributed by atoms with Gasteiger partial charge in [-0.3, -0.25) is 0 Å². The second-order valence-corrected chi connectivity index (χ2v) is 3.65. The van der Waals surface area contributed by atoms with Crippen LogP contribution in [0.2, 0.25) is 0 Å². The normalized spacial score (nSPS) is 13.5. The molecule has 0 aromatic heterocycles. The zero-order valence-corrected chi connectivity index (χ0v) is 9.45. The topological polar surface area (TPSA) is 50.7 Å². The van der Waals surface area contributed by atoms with Crippen LogP contribution in [0.15, 0.2) is 0 Å². The molecule has 2 N–H and O–H groups in total. The van der Waals surface area contributed by atoms with Crippen molar-refractivity contribution in [3.63, 3.8) is 0 Å². The number of hydrogen-bond donors (Lipinski definition) is 2. The van der Waals surface area contributed by atoms with Gasteiger partial charge in [0, 0.05) is 19.8 Å². The Balaban J connectivity index is 3.05. The van der Waals surface area contributed by atoms with Crippen molar-refractivity contribution in [2.24, 2.45) is 0 Å². The summed E-state index contributed by atoms with van der Waals surface area (Å²) in [6, 6.07) is 0.522. The SMILES string of the molecule is COCC(O)COCCCNC(C)C. The smallest absolute Gasteiger partial charge is 0.101 e. The molecule has 0 aliphatic carbocycles. The van der Waals surface area contributed by atoms with Gasteiger partial charge in [-0.2, -0.15) is 0 Å². The first-order chi connectivity index (χ1) is 6.66. The lowest BCUT2D eigenvalue weighted by Gasteiger charge is -2.11. The molecule has 4 heteroatoms. The number of hydrogen-bond acceptors (Lipinski definition) is 4. The molecule has 0 spiro atoms. The Hall–Kier alpha value is -0.160. The van der Waals surface area contributed by atoms with E-state index >= 15 is 0 Å². The number of rotatable bonds is 9. The van der Waals surface area contributed by atoms with Crippen LogP contribution in [-0.4, -0.2) is 50.7 Å². The molecule has 86 valence electrons. The Morgan fingerprint density at radius 1 is 1.29 bits per heavy atom. The summed E-state index contributed by atoms with van der Waals surface area (Å²) in [4.78, 5) is 0. The molecule has 0 saturated carbocycles. The minimum Gasteiger partial charge on any atom is -0.388 e. The van der Waals surface area contributed by atoms with Crippen LogP contribution in [0, 0.1) is 0 Å². The molecule has 0 aromatic carbocycles. The molecule has 0 bridgehead atoms. The second-order valence-electron chi connectivity index (χ2n) is 3.65. The molecule has 1 atom stereocenters. The Bertz CT molecular complexity index is 120. The van der Waals surface area contributed by atoms with E-state index in [1.54, 1.807) is 7.11 Å². The quantitative estimate of drug-likeness (QED) is 0.535. The molecule has 0 amide bonds. The van der Waals surface area contributed by atoms with Gasteiger partial charge in [-0.1, -0.05) is 13.8 Å². The van der Waals surface area contributed by atoms with Gasteiger partial charge in [0.1, 0.15) is 6.10 Å². The summed E-state index contributed by atoms with van der Waals surface area (Å²) in [5.74, 6) is 0. The molecule has 0 aromatic rings. The zero-order valence-electron chi connectivity index (χ0n) is 9.45. The van der Waals surface area contributed by atoms with Crippen LogP contribution in [0.4, 0.5) is 0 Å². The van der Waals surface area contributed by atoms with E-state index in [0.717, 1.165) is 13.0 Å². The van der Waals surface area contributed by atoms with Gasteiger partial charge < -0.3 is 19.9 Å². The van der Waals surface area contributed by atoms with Crippen molar-refractivity contribution in [2.45, 2.75) is 32.4 Å².